The lowest BCUT2D eigenvalue weighted by molar-refractivity contribution is 0.102. The summed E-state index contributed by atoms with van der Waals surface area (Å²) < 4.78 is 0. The van der Waals surface area contributed by atoms with Gasteiger partial charge in [-0.25, -0.2) is 9.97 Å². The molecule has 0 bridgehead atoms. The standard InChI is InChI=1S/C15H17N3O/c1-4-12-8-14(17-9-16-12)15(19)18-13-6-10(2)5-11(3)7-13/h5-9H,4H2,1-3H3,(H,18,19). The van der Waals surface area contributed by atoms with E-state index in [2.05, 4.69) is 21.4 Å². The number of hydrogen-bond donors (Lipinski definition) is 1. The molecule has 0 unspecified atom stereocenters. The van der Waals surface area contributed by atoms with Gasteiger partial charge in [-0.15, -0.1) is 0 Å². The van der Waals surface area contributed by atoms with Crippen molar-refractivity contribution >= 4 is 11.6 Å². The maximum atomic E-state index is 12.1. The van der Waals surface area contributed by atoms with Crippen LogP contribution in [0.3, 0.4) is 0 Å². The van der Waals surface area contributed by atoms with Crippen molar-refractivity contribution in [2.45, 2.75) is 27.2 Å². The van der Waals surface area contributed by atoms with Gasteiger partial charge in [0.1, 0.15) is 12.0 Å². The maximum Gasteiger partial charge on any atom is 0.274 e. The highest BCUT2D eigenvalue weighted by Gasteiger charge is 2.09. The summed E-state index contributed by atoms with van der Waals surface area (Å²) in [4.78, 5) is 20.2. The Morgan fingerprint density at radius 2 is 1.79 bits per heavy atom. The normalized spacial score (nSPS) is 10.3. The smallest absolute Gasteiger partial charge is 0.274 e. The van der Waals surface area contributed by atoms with Crippen LogP contribution in [-0.4, -0.2) is 15.9 Å². The van der Waals surface area contributed by atoms with E-state index in [0.29, 0.717) is 5.69 Å². The fourth-order valence-electron chi connectivity index (χ4n) is 1.96. The largest absolute Gasteiger partial charge is 0.321 e. The Morgan fingerprint density at radius 1 is 1.11 bits per heavy atom. The summed E-state index contributed by atoms with van der Waals surface area (Å²) in [5, 5.41) is 2.86. The molecule has 0 aliphatic carbocycles. The van der Waals surface area contributed by atoms with Crippen LogP contribution in [0.1, 0.15) is 34.2 Å². The minimum Gasteiger partial charge on any atom is -0.321 e. The van der Waals surface area contributed by atoms with Crippen LogP contribution in [0.25, 0.3) is 0 Å². The van der Waals surface area contributed by atoms with Crippen LogP contribution in [0.5, 0.6) is 0 Å². The fourth-order valence-corrected chi connectivity index (χ4v) is 1.96. The van der Waals surface area contributed by atoms with Crippen molar-refractivity contribution in [3.05, 3.63) is 53.1 Å². The number of nitrogens with one attached hydrogen (secondary N) is 1. The van der Waals surface area contributed by atoms with Gasteiger partial charge in [0.2, 0.25) is 0 Å². The maximum absolute atomic E-state index is 12.1. The number of nitrogens with zero attached hydrogens (tertiary/aromatic N) is 2. The Balaban J connectivity index is 2.20. The second-order valence-corrected chi connectivity index (χ2v) is 4.58. The third kappa shape index (κ3) is 3.37. The van der Waals surface area contributed by atoms with Gasteiger partial charge in [0.05, 0.1) is 0 Å². The first-order chi connectivity index (χ1) is 9.08. The zero-order valence-corrected chi connectivity index (χ0v) is 11.4. The topological polar surface area (TPSA) is 54.9 Å². The lowest BCUT2D eigenvalue weighted by Crippen LogP contribution is -2.14. The van der Waals surface area contributed by atoms with E-state index in [1.54, 1.807) is 6.07 Å². The summed E-state index contributed by atoms with van der Waals surface area (Å²) in [5.41, 5.74) is 4.28. The van der Waals surface area contributed by atoms with Crippen LogP contribution in [0, 0.1) is 13.8 Å². The molecule has 0 fully saturated rings. The molecule has 0 saturated carbocycles. The van der Waals surface area contributed by atoms with Crippen molar-refractivity contribution in [2.75, 3.05) is 5.32 Å². The highest BCUT2D eigenvalue weighted by molar-refractivity contribution is 6.02. The lowest BCUT2D eigenvalue weighted by atomic mass is 10.1. The molecule has 2 aromatic rings. The SMILES string of the molecule is CCc1cc(C(=O)Nc2cc(C)cc(C)c2)ncn1. The highest BCUT2D eigenvalue weighted by Crippen LogP contribution is 2.14. The van der Waals surface area contributed by atoms with Gasteiger partial charge in [-0.05, 0) is 49.6 Å². The minimum absolute atomic E-state index is 0.206. The predicted molar refractivity (Wildman–Crippen MR) is 75.3 cm³/mol. The number of benzene rings is 1. The first-order valence-corrected chi connectivity index (χ1v) is 6.29. The third-order valence-electron chi connectivity index (χ3n) is 2.80. The molecule has 0 aliphatic heterocycles. The summed E-state index contributed by atoms with van der Waals surface area (Å²) in [6, 6.07) is 7.66. The van der Waals surface area contributed by atoms with Crippen LogP contribution in [0.2, 0.25) is 0 Å². The molecule has 0 atom stereocenters. The Kier molecular flexibility index (Phi) is 3.90. The van der Waals surface area contributed by atoms with Gasteiger partial charge in [-0.3, -0.25) is 4.79 Å². The van der Waals surface area contributed by atoms with E-state index in [0.717, 1.165) is 28.9 Å². The Labute approximate surface area is 112 Å². The fraction of sp³-hybridized carbons (Fsp3) is 0.267. The molecule has 1 N–H and O–H groups in total. The number of aryl methyl sites for hydroxylation is 3. The zero-order chi connectivity index (χ0) is 13.8. The molecule has 4 nitrogen and oxygen atoms in total. The first kappa shape index (κ1) is 13.2. The van der Waals surface area contributed by atoms with E-state index in [4.69, 9.17) is 0 Å². The summed E-state index contributed by atoms with van der Waals surface area (Å²) >= 11 is 0. The van der Waals surface area contributed by atoms with Crippen LogP contribution in [-0.2, 0) is 6.42 Å². The van der Waals surface area contributed by atoms with Crippen LogP contribution >= 0.6 is 0 Å². The lowest BCUT2D eigenvalue weighted by Gasteiger charge is -2.07. The van der Waals surface area contributed by atoms with Crippen LogP contribution in [0.15, 0.2) is 30.6 Å². The van der Waals surface area contributed by atoms with Crippen molar-refractivity contribution in [3.8, 4) is 0 Å². The second kappa shape index (κ2) is 5.61. The molecule has 19 heavy (non-hydrogen) atoms. The van der Waals surface area contributed by atoms with Gasteiger partial charge >= 0.3 is 0 Å². The predicted octanol–water partition coefficient (Wildman–Crippen LogP) is 2.91. The minimum atomic E-state index is -0.206. The number of anilines is 1. The molecule has 1 aromatic heterocycles. The molecule has 0 aliphatic rings. The Bertz CT molecular complexity index is 588. The first-order valence-electron chi connectivity index (χ1n) is 6.29. The summed E-state index contributed by atoms with van der Waals surface area (Å²) in [7, 11) is 0. The van der Waals surface area contributed by atoms with Crippen molar-refractivity contribution in [1.29, 1.82) is 0 Å². The third-order valence-corrected chi connectivity index (χ3v) is 2.80. The van der Waals surface area contributed by atoms with Gasteiger partial charge in [-0.2, -0.15) is 0 Å². The molecule has 0 spiro atoms. The number of carbonyl (C=O) groups excluding carboxylic acids is 1. The van der Waals surface area contributed by atoms with Gasteiger partial charge in [0.15, 0.2) is 0 Å². The molecule has 4 heteroatoms. The van der Waals surface area contributed by atoms with E-state index in [1.165, 1.54) is 6.33 Å². The van der Waals surface area contributed by atoms with E-state index in [-0.39, 0.29) is 5.91 Å². The quantitative estimate of drug-likeness (QED) is 0.917. The van der Waals surface area contributed by atoms with Crippen molar-refractivity contribution in [2.24, 2.45) is 0 Å². The van der Waals surface area contributed by atoms with Gasteiger partial charge in [-0.1, -0.05) is 13.0 Å². The van der Waals surface area contributed by atoms with E-state index in [9.17, 15) is 4.79 Å². The number of amides is 1. The molecular formula is C15H17N3O. The molecule has 1 heterocycles. The number of rotatable bonds is 3. The van der Waals surface area contributed by atoms with Crippen molar-refractivity contribution in [3.63, 3.8) is 0 Å². The van der Waals surface area contributed by atoms with Gasteiger partial charge in [0, 0.05) is 11.4 Å². The average Bonchev–Trinajstić information content (AvgIpc) is 2.37. The number of carbonyl (C=O) groups is 1. The molecule has 1 aromatic carbocycles. The van der Waals surface area contributed by atoms with Crippen molar-refractivity contribution < 1.29 is 4.79 Å². The summed E-state index contributed by atoms with van der Waals surface area (Å²) in [6.07, 6.45) is 2.21. The molecule has 2 rings (SSSR count). The van der Waals surface area contributed by atoms with Crippen molar-refractivity contribution in [1.82, 2.24) is 9.97 Å². The Hall–Kier alpha value is -2.23. The van der Waals surface area contributed by atoms with Crippen LogP contribution < -0.4 is 5.32 Å². The summed E-state index contributed by atoms with van der Waals surface area (Å²) in [6.45, 7) is 6.00. The molecule has 1 amide bonds. The van der Waals surface area contributed by atoms with Gasteiger partial charge < -0.3 is 5.32 Å². The number of hydrogen-bond acceptors (Lipinski definition) is 3. The zero-order valence-electron chi connectivity index (χ0n) is 11.4. The average molecular weight is 255 g/mol. The molecular weight excluding hydrogens is 238 g/mol. The Morgan fingerprint density at radius 3 is 2.42 bits per heavy atom. The molecule has 98 valence electrons. The molecule has 0 radical (unpaired) electrons. The van der Waals surface area contributed by atoms with E-state index < -0.39 is 0 Å². The van der Waals surface area contributed by atoms with E-state index >= 15 is 0 Å². The second-order valence-electron chi connectivity index (χ2n) is 4.58. The monoisotopic (exact) mass is 255 g/mol. The number of aromatic nitrogens is 2. The summed E-state index contributed by atoms with van der Waals surface area (Å²) in [5.74, 6) is -0.206. The molecule has 0 saturated heterocycles. The van der Waals surface area contributed by atoms with Crippen LogP contribution in [0.4, 0.5) is 5.69 Å². The van der Waals surface area contributed by atoms with E-state index in [1.807, 2.05) is 32.9 Å². The van der Waals surface area contributed by atoms with Gasteiger partial charge in [0.25, 0.3) is 5.91 Å². The highest BCUT2D eigenvalue weighted by atomic mass is 16.1.